The molecule has 2 unspecified atom stereocenters. The number of nitrogens with two attached hydrogens (primary N) is 2. The second-order valence-corrected chi connectivity index (χ2v) is 4.71. The third-order valence-corrected chi connectivity index (χ3v) is 3.30. The molecule has 1 aliphatic heterocycles. The summed E-state index contributed by atoms with van der Waals surface area (Å²) >= 11 is 0. The summed E-state index contributed by atoms with van der Waals surface area (Å²) in [6.07, 6.45) is 4.64. The van der Waals surface area contributed by atoms with Crippen molar-refractivity contribution in [2.24, 2.45) is 23.3 Å². The second kappa shape index (κ2) is 5.95. The third-order valence-electron chi connectivity index (χ3n) is 3.30. The molecule has 0 bridgehead atoms. The molecule has 88 valence electrons. The van der Waals surface area contributed by atoms with Crippen molar-refractivity contribution in [2.45, 2.75) is 32.6 Å². The zero-order chi connectivity index (χ0) is 11.3. The minimum atomic E-state index is -0.272. The molecule has 4 nitrogen and oxygen atoms in total. The highest BCUT2D eigenvalue weighted by Gasteiger charge is 2.21. The molecule has 1 heterocycles. The maximum Gasteiger partial charge on any atom is 0.314 e. The van der Waals surface area contributed by atoms with Gasteiger partial charge in [-0.3, -0.25) is 0 Å². The van der Waals surface area contributed by atoms with Crippen molar-refractivity contribution in [3.05, 3.63) is 0 Å². The quantitative estimate of drug-likeness (QED) is 0.735. The van der Waals surface area contributed by atoms with E-state index in [0.717, 1.165) is 32.5 Å². The first-order chi connectivity index (χ1) is 7.13. The Kier molecular flexibility index (Phi) is 4.88. The van der Waals surface area contributed by atoms with Crippen molar-refractivity contribution in [1.82, 2.24) is 4.90 Å². The molecular formula is C11H23N3O. The Morgan fingerprint density at radius 1 is 1.60 bits per heavy atom. The van der Waals surface area contributed by atoms with Gasteiger partial charge in [-0.2, -0.15) is 0 Å². The molecule has 0 aliphatic carbocycles. The normalized spacial score (nSPS) is 23.9. The fraction of sp³-hybridized carbons (Fsp3) is 0.909. The van der Waals surface area contributed by atoms with E-state index in [2.05, 4.69) is 6.92 Å². The molecule has 4 N–H and O–H groups in total. The number of amides is 2. The van der Waals surface area contributed by atoms with Crippen molar-refractivity contribution in [2.75, 3.05) is 19.6 Å². The van der Waals surface area contributed by atoms with Crippen LogP contribution in [0.3, 0.4) is 0 Å². The largest absolute Gasteiger partial charge is 0.351 e. The maximum absolute atomic E-state index is 11.0. The van der Waals surface area contributed by atoms with Gasteiger partial charge in [0.1, 0.15) is 0 Å². The van der Waals surface area contributed by atoms with Crippen molar-refractivity contribution >= 4 is 6.03 Å². The highest BCUT2D eigenvalue weighted by atomic mass is 16.2. The Bertz CT molecular complexity index is 208. The number of rotatable bonds is 4. The lowest BCUT2D eigenvalue weighted by molar-refractivity contribution is 0.167. The van der Waals surface area contributed by atoms with Gasteiger partial charge >= 0.3 is 6.03 Å². The predicted molar refractivity (Wildman–Crippen MR) is 61.3 cm³/mol. The number of carbonyl (C=O) groups excluding carboxylic acids is 1. The van der Waals surface area contributed by atoms with Crippen LogP contribution in [-0.2, 0) is 0 Å². The van der Waals surface area contributed by atoms with E-state index in [1.165, 1.54) is 12.8 Å². The van der Waals surface area contributed by atoms with E-state index in [9.17, 15) is 4.79 Å². The van der Waals surface area contributed by atoms with E-state index in [0.29, 0.717) is 11.8 Å². The lowest BCUT2D eigenvalue weighted by atomic mass is 9.90. The fourth-order valence-electron chi connectivity index (χ4n) is 2.14. The van der Waals surface area contributed by atoms with Gasteiger partial charge in [0.15, 0.2) is 0 Å². The molecule has 2 atom stereocenters. The maximum atomic E-state index is 11.0. The number of hydrogen-bond donors (Lipinski definition) is 2. The van der Waals surface area contributed by atoms with Crippen LogP contribution in [-0.4, -0.2) is 30.6 Å². The van der Waals surface area contributed by atoms with E-state index in [-0.39, 0.29) is 6.03 Å². The summed E-state index contributed by atoms with van der Waals surface area (Å²) in [4.78, 5) is 12.8. The van der Waals surface area contributed by atoms with E-state index >= 15 is 0 Å². The SMILES string of the molecule is CC(CN)CCC1CCCN(C(N)=O)C1. The van der Waals surface area contributed by atoms with Crippen LogP contribution in [0.25, 0.3) is 0 Å². The van der Waals surface area contributed by atoms with Crippen molar-refractivity contribution < 1.29 is 4.79 Å². The first-order valence-corrected chi connectivity index (χ1v) is 5.88. The lowest BCUT2D eigenvalue weighted by Crippen LogP contribution is -2.43. The summed E-state index contributed by atoms with van der Waals surface area (Å²) in [6.45, 7) is 4.60. The zero-order valence-electron chi connectivity index (χ0n) is 9.61. The molecular weight excluding hydrogens is 190 g/mol. The molecule has 0 radical (unpaired) electrons. The van der Waals surface area contributed by atoms with Gasteiger partial charge in [0.2, 0.25) is 0 Å². The summed E-state index contributed by atoms with van der Waals surface area (Å²) in [5.74, 6) is 1.22. The lowest BCUT2D eigenvalue weighted by Gasteiger charge is -2.31. The molecule has 0 aromatic rings. The van der Waals surface area contributed by atoms with Crippen molar-refractivity contribution in [3.8, 4) is 0 Å². The van der Waals surface area contributed by atoms with E-state index in [1.54, 1.807) is 4.90 Å². The van der Waals surface area contributed by atoms with Gasteiger partial charge in [-0.25, -0.2) is 4.79 Å². The highest BCUT2D eigenvalue weighted by Crippen LogP contribution is 2.22. The molecule has 1 rings (SSSR count). The van der Waals surface area contributed by atoms with E-state index in [1.807, 2.05) is 0 Å². The smallest absolute Gasteiger partial charge is 0.314 e. The number of piperidine rings is 1. The number of carbonyl (C=O) groups is 1. The van der Waals surface area contributed by atoms with Crippen molar-refractivity contribution in [1.29, 1.82) is 0 Å². The number of hydrogen-bond acceptors (Lipinski definition) is 2. The second-order valence-electron chi connectivity index (χ2n) is 4.71. The Morgan fingerprint density at radius 3 is 2.93 bits per heavy atom. The number of primary amides is 1. The standard InChI is InChI=1S/C11H23N3O/c1-9(7-12)4-5-10-3-2-6-14(8-10)11(13)15/h9-10H,2-8,12H2,1H3,(H2,13,15). The molecule has 2 amide bonds. The van der Waals surface area contributed by atoms with Crippen LogP contribution in [0.4, 0.5) is 4.79 Å². The predicted octanol–water partition coefficient (Wildman–Crippen LogP) is 1.15. The Labute approximate surface area is 92.0 Å². The molecule has 4 heteroatoms. The van der Waals surface area contributed by atoms with Crippen LogP contribution >= 0.6 is 0 Å². The first-order valence-electron chi connectivity index (χ1n) is 5.88. The molecule has 15 heavy (non-hydrogen) atoms. The van der Waals surface area contributed by atoms with Crippen LogP contribution in [0.5, 0.6) is 0 Å². The zero-order valence-corrected chi connectivity index (χ0v) is 9.61. The van der Waals surface area contributed by atoms with Crippen LogP contribution < -0.4 is 11.5 Å². The Balaban J connectivity index is 2.27. The molecule has 0 spiro atoms. The van der Waals surface area contributed by atoms with Gasteiger partial charge in [-0.1, -0.05) is 6.92 Å². The van der Waals surface area contributed by atoms with Gasteiger partial charge in [-0.15, -0.1) is 0 Å². The topological polar surface area (TPSA) is 72.3 Å². The molecule has 0 aromatic heterocycles. The van der Waals surface area contributed by atoms with E-state index < -0.39 is 0 Å². The van der Waals surface area contributed by atoms with Gasteiger partial charge < -0.3 is 16.4 Å². The average Bonchev–Trinajstić information content (AvgIpc) is 2.26. The van der Waals surface area contributed by atoms with Crippen LogP contribution in [0, 0.1) is 11.8 Å². The monoisotopic (exact) mass is 213 g/mol. The first kappa shape index (κ1) is 12.3. The fourth-order valence-corrected chi connectivity index (χ4v) is 2.14. The Hall–Kier alpha value is -0.770. The molecule has 1 fully saturated rings. The van der Waals surface area contributed by atoms with Gasteiger partial charge in [-0.05, 0) is 44.1 Å². The van der Waals surface area contributed by atoms with Gasteiger partial charge in [0.05, 0.1) is 0 Å². The van der Waals surface area contributed by atoms with E-state index in [4.69, 9.17) is 11.5 Å². The summed E-state index contributed by atoms with van der Waals surface area (Å²) < 4.78 is 0. The number of urea groups is 1. The molecule has 0 saturated carbocycles. The minimum Gasteiger partial charge on any atom is -0.351 e. The molecule has 1 aliphatic rings. The minimum absolute atomic E-state index is 0.272. The van der Waals surface area contributed by atoms with Gasteiger partial charge in [0, 0.05) is 13.1 Å². The summed E-state index contributed by atoms with van der Waals surface area (Å²) in [7, 11) is 0. The summed E-state index contributed by atoms with van der Waals surface area (Å²) in [5, 5.41) is 0. The molecule has 1 saturated heterocycles. The van der Waals surface area contributed by atoms with Gasteiger partial charge in [0.25, 0.3) is 0 Å². The average molecular weight is 213 g/mol. The van der Waals surface area contributed by atoms with Crippen molar-refractivity contribution in [3.63, 3.8) is 0 Å². The van der Waals surface area contributed by atoms with Crippen LogP contribution in [0.2, 0.25) is 0 Å². The van der Waals surface area contributed by atoms with Crippen LogP contribution in [0.1, 0.15) is 32.6 Å². The summed E-state index contributed by atoms with van der Waals surface area (Å²) in [6, 6.07) is -0.272. The summed E-state index contributed by atoms with van der Waals surface area (Å²) in [5.41, 5.74) is 10.9. The Morgan fingerprint density at radius 2 is 2.33 bits per heavy atom. The number of likely N-dealkylation sites (tertiary alicyclic amines) is 1. The highest BCUT2D eigenvalue weighted by molar-refractivity contribution is 5.72. The van der Waals surface area contributed by atoms with Crippen LogP contribution in [0.15, 0.2) is 0 Å². The number of nitrogens with zero attached hydrogens (tertiary/aromatic N) is 1. The third kappa shape index (κ3) is 4.08. The molecule has 0 aromatic carbocycles.